The lowest BCUT2D eigenvalue weighted by molar-refractivity contribution is 0.0970. The molecule has 1 heterocycles. The van der Waals surface area contributed by atoms with Crippen LogP contribution in [0.4, 0.5) is 0 Å². The molecule has 0 unspecified atom stereocenters. The van der Waals surface area contributed by atoms with E-state index in [1.165, 1.54) is 0 Å². The summed E-state index contributed by atoms with van der Waals surface area (Å²) in [5, 5.41) is 0.519. The lowest BCUT2D eigenvalue weighted by Gasteiger charge is -2.06. The van der Waals surface area contributed by atoms with Crippen molar-refractivity contribution in [3.8, 4) is 0 Å². The van der Waals surface area contributed by atoms with Gasteiger partial charge in [-0.15, -0.1) is 0 Å². The maximum Gasteiger partial charge on any atom is 0.129 e. The molecule has 0 aromatic carbocycles. The zero-order valence-electron chi connectivity index (χ0n) is 7.96. The van der Waals surface area contributed by atoms with E-state index in [-0.39, 0.29) is 0 Å². The van der Waals surface area contributed by atoms with Gasteiger partial charge in [0.25, 0.3) is 0 Å². The summed E-state index contributed by atoms with van der Waals surface area (Å²) < 4.78 is 5.45. The van der Waals surface area contributed by atoms with Crippen LogP contribution in [0.5, 0.6) is 0 Å². The first-order chi connectivity index (χ1) is 6.18. The Bertz CT molecular complexity index is 263. The molecule has 0 saturated heterocycles. The summed E-state index contributed by atoms with van der Waals surface area (Å²) in [4.78, 5) is 3.89. The molecular formula is C10H14ClNO. The van der Waals surface area contributed by atoms with E-state index in [2.05, 4.69) is 18.8 Å². The Kier molecular flexibility index (Phi) is 4.19. The summed E-state index contributed by atoms with van der Waals surface area (Å²) in [5.41, 5.74) is 1.07. The van der Waals surface area contributed by atoms with E-state index < -0.39 is 0 Å². The van der Waals surface area contributed by atoms with Gasteiger partial charge in [0.2, 0.25) is 0 Å². The van der Waals surface area contributed by atoms with E-state index in [0.29, 0.717) is 17.7 Å². The predicted octanol–water partition coefficient (Wildman–Crippen LogP) is 2.91. The zero-order valence-corrected chi connectivity index (χ0v) is 8.71. The standard InChI is InChI=1S/C10H14ClNO/c1-8(2)6-13-7-9-3-4-12-10(11)5-9/h3-5,8H,6-7H2,1-2H3. The molecule has 2 nitrogen and oxygen atoms in total. The fourth-order valence-electron chi connectivity index (χ4n) is 0.945. The topological polar surface area (TPSA) is 22.1 Å². The number of rotatable bonds is 4. The van der Waals surface area contributed by atoms with Gasteiger partial charge in [0.1, 0.15) is 5.15 Å². The van der Waals surface area contributed by atoms with Gasteiger partial charge < -0.3 is 4.74 Å². The maximum absolute atomic E-state index is 5.72. The van der Waals surface area contributed by atoms with Gasteiger partial charge in [-0.1, -0.05) is 25.4 Å². The third-order valence-corrected chi connectivity index (χ3v) is 1.72. The van der Waals surface area contributed by atoms with Crippen molar-refractivity contribution in [3.05, 3.63) is 29.0 Å². The first kappa shape index (κ1) is 10.5. The monoisotopic (exact) mass is 199 g/mol. The van der Waals surface area contributed by atoms with Gasteiger partial charge in [0, 0.05) is 12.8 Å². The third kappa shape index (κ3) is 4.25. The van der Waals surface area contributed by atoms with Gasteiger partial charge in [-0.05, 0) is 23.6 Å². The summed E-state index contributed by atoms with van der Waals surface area (Å²) in [5.74, 6) is 0.567. The summed E-state index contributed by atoms with van der Waals surface area (Å²) in [6.45, 7) is 5.64. The van der Waals surface area contributed by atoms with Gasteiger partial charge in [0.15, 0.2) is 0 Å². The molecule has 0 aliphatic carbocycles. The minimum atomic E-state index is 0.519. The van der Waals surface area contributed by atoms with Crippen LogP contribution in [0.25, 0.3) is 0 Å². The molecule has 0 N–H and O–H groups in total. The van der Waals surface area contributed by atoms with Gasteiger partial charge in [-0.2, -0.15) is 0 Å². The van der Waals surface area contributed by atoms with Crippen LogP contribution in [0.3, 0.4) is 0 Å². The van der Waals surface area contributed by atoms with Crippen LogP contribution in [0, 0.1) is 5.92 Å². The smallest absolute Gasteiger partial charge is 0.129 e. The van der Waals surface area contributed by atoms with E-state index in [1.54, 1.807) is 6.20 Å². The van der Waals surface area contributed by atoms with Crippen LogP contribution >= 0.6 is 11.6 Å². The van der Waals surface area contributed by atoms with Crippen LogP contribution in [0.2, 0.25) is 5.15 Å². The van der Waals surface area contributed by atoms with Crippen molar-refractivity contribution in [2.45, 2.75) is 20.5 Å². The molecule has 0 fully saturated rings. The first-order valence-corrected chi connectivity index (χ1v) is 4.74. The fourth-order valence-corrected chi connectivity index (χ4v) is 1.14. The number of ether oxygens (including phenoxy) is 1. The molecule has 1 rings (SSSR count). The van der Waals surface area contributed by atoms with Crippen molar-refractivity contribution in [1.29, 1.82) is 0 Å². The molecule has 3 heteroatoms. The van der Waals surface area contributed by atoms with E-state index in [1.807, 2.05) is 12.1 Å². The Morgan fingerprint density at radius 3 is 2.92 bits per heavy atom. The molecule has 0 atom stereocenters. The summed E-state index contributed by atoms with van der Waals surface area (Å²) >= 11 is 5.72. The Morgan fingerprint density at radius 2 is 2.31 bits per heavy atom. The van der Waals surface area contributed by atoms with Gasteiger partial charge in [-0.3, -0.25) is 0 Å². The molecule has 0 amide bonds. The zero-order chi connectivity index (χ0) is 9.68. The van der Waals surface area contributed by atoms with E-state index in [9.17, 15) is 0 Å². The number of nitrogens with zero attached hydrogens (tertiary/aromatic N) is 1. The Morgan fingerprint density at radius 1 is 1.54 bits per heavy atom. The van der Waals surface area contributed by atoms with E-state index in [0.717, 1.165) is 12.2 Å². The van der Waals surface area contributed by atoms with Gasteiger partial charge >= 0.3 is 0 Å². The highest BCUT2D eigenvalue weighted by molar-refractivity contribution is 6.29. The van der Waals surface area contributed by atoms with Crippen molar-refractivity contribution in [1.82, 2.24) is 4.98 Å². The normalized spacial score (nSPS) is 10.8. The minimum Gasteiger partial charge on any atom is -0.377 e. The summed E-state index contributed by atoms with van der Waals surface area (Å²) in [6.07, 6.45) is 1.69. The summed E-state index contributed by atoms with van der Waals surface area (Å²) in [7, 11) is 0. The largest absolute Gasteiger partial charge is 0.377 e. The van der Waals surface area contributed by atoms with E-state index >= 15 is 0 Å². The predicted molar refractivity (Wildman–Crippen MR) is 53.7 cm³/mol. The van der Waals surface area contributed by atoms with Gasteiger partial charge in [-0.25, -0.2) is 4.98 Å². The molecular weight excluding hydrogens is 186 g/mol. The van der Waals surface area contributed by atoms with Crippen molar-refractivity contribution >= 4 is 11.6 Å². The molecule has 0 saturated carbocycles. The molecule has 0 bridgehead atoms. The summed E-state index contributed by atoms with van der Waals surface area (Å²) in [6, 6.07) is 3.73. The minimum absolute atomic E-state index is 0.519. The van der Waals surface area contributed by atoms with E-state index in [4.69, 9.17) is 16.3 Å². The molecule has 72 valence electrons. The van der Waals surface area contributed by atoms with Crippen molar-refractivity contribution in [3.63, 3.8) is 0 Å². The highest BCUT2D eigenvalue weighted by atomic mass is 35.5. The van der Waals surface area contributed by atoms with Crippen molar-refractivity contribution in [2.75, 3.05) is 6.61 Å². The number of aromatic nitrogens is 1. The molecule has 1 aromatic rings. The van der Waals surface area contributed by atoms with Crippen LogP contribution in [0.1, 0.15) is 19.4 Å². The Balaban J connectivity index is 2.37. The van der Waals surface area contributed by atoms with Gasteiger partial charge in [0.05, 0.1) is 6.61 Å². The van der Waals surface area contributed by atoms with Crippen LogP contribution in [0.15, 0.2) is 18.3 Å². The average molecular weight is 200 g/mol. The van der Waals surface area contributed by atoms with Crippen LogP contribution in [-0.4, -0.2) is 11.6 Å². The second-order valence-corrected chi connectivity index (χ2v) is 3.78. The van der Waals surface area contributed by atoms with Crippen LogP contribution in [-0.2, 0) is 11.3 Å². The highest BCUT2D eigenvalue weighted by Crippen LogP contribution is 2.08. The van der Waals surface area contributed by atoms with Crippen molar-refractivity contribution < 1.29 is 4.74 Å². The van der Waals surface area contributed by atoms with Crippen LogP contribution < -0.4 is 0 Å². The maximum atomic E-state index is 5.72. The number of hydrogen-bond acceptors (Lipinski definition) is 2. The molecule has 0 aliphatic heterocycles. The molecule has 13 heavy (non-hydrogen) atoms. The highest BCUT2D eigenvalue weighted by Gasteiger charge is 1.97. The Labute approximate surface area is 83.9 Å². The first-order valence-electron chi connectivity index (χ1n) is 4.36. The second-order valence-electron chi connectivity index (χ2n) is 3.40. The SMILES string of the molecule is CC(C)COCc1ccnc(Cl)c1. The molecule has 1 aromatic heterocycles. The lowest BCUT2D eigenvalue weighted by atomic mass is 10.2. The lowest BCUT2D eigenvalue weighted by Crippen LogP contribution is -2.01. The average Bonchev–Trinajstić information content (AvgIpc) is 2.03. The fraction of sp³-hybridized carbons (Fsp3) is 0.500. The molecule has 0 aliphatic rings. The molecule has 0 spiro atoms. The van der Waals surface area contributed by atoms with Crippen molar-refractivity contribution in [2.24, 2.45) is 5.92 Å². The Hall–Kier alpha value is -0.600. The second kappa shape index (κ2) is 5.20. The third-order valence-electron chi connectivity index (χ3n) is 1.51. The molecule has 0 radical (unpaired) electrons. The number of halogens is 1. The number of pyridine rings is 1. The number of hydrogen-bond donors (Lipinski definition) is 0. The quantitative estimate of drug-likeness (QED) is 0.696.